The topological polar surface area (TPSA) is 34.1 Å². The highest BCUT2D eigenvalue weighted by Crippen LogP contribution is 2.49. The molecule has 2 saturated carbocycles. The first-order valence-corrected chi connectivity index (χ1v) is 4.20. The molecule has 0 aromatic rings. The van der Waals surface area contributed by atoms with E-state index in [2.05, 4.69) is 0 Å². The van der Waals surface area contributed by atoms with Gasteiger partial charge in [0.25, 0.3) is 0 Å². The van der Waals surface area contributed by atoms with Gasteiger partial charge in [0.05, 0.1) is 0 Å². The number of Topliss-reactive ketones (excluding diaryl/α,β-unsaturated/α-hetero) is 2. The Bertz CT molecular complexity index is 232. The monoisotopic (exact) mass is 152 g/mol. The third-order valence-electron chi connectivity index (χ3n) is 3.35. The number of rotatable bonds is 0. The van der Waals surface area contributed by atoms with Crippen molar-refractivity contribution in [2.24, 2.45) is 11.3 Å². The normalized spacial score (nSPS) is 43.2. The Morgan fingerprint density at radius 3 is 2.73 bits per heavy atom. The van der Waals surface area contributed by atoms with E-state index >= 15 is 0 Å². The fraction of sp³-hybridized carbons (Fsp3) is 0.778. The van der Waals surface area contributed by atoms with Gasteiger partial charge in [0, 0.05) is 24.2 Å². The minimum absolute atomic E-state index is 0.0787. The molecule has 2 heteroatoms. The molecule has 0 N–H and O–H groups in total. The van der Waals surface area contributed by atoms with Crippen molar-refractivity contribution in [1.29, 1.82) is 0 Å². The molecule has 11 heavy (non-hydrogen) atoms. The molecule has 0 saturated heterocycles. The molecule has 2 aliphatic carbocycles. The van der Waals surface area contributed by atoms with Crippen LogP contribution >= 0.6 is 0 Å². The van der Waals surface area contributed by atoms with Crippen molar-refractivity contribution < 1.29 is 9.59 Å². The van der Waals surface area contributed by atoms with Gasteiger partial charge in [-0.2, -0.15) is 0 Å². The SMILES string of the molecule is CC12CCC(=O)C1CCC2=O. The van der Waals surface area contributed by atoms with Crippen LogP contribution in [0, 0.1) is 11.3 Å². The lowest BCUT2D eigenvalue weighted by molar-refractivity contribution is -0.128. The van der Waals surface area contributed by atoms with E-state index in [-0.39, 0.29) is 11.3 Å². The summed E-state index contributed by atoms with van der Waals surface area (Å²) in [5, 5.41) is 0. The van der Waals surface area contributed by atoms with Crippen LogP contribution in [0.1, 0.15) is 32.6 Å². The van der Waals surface area contributed by atoms with Crippen LogP contribution in [0.5, 0.6) is 0 Å². The molecule has 2 aliphatic rings. The Kier molecular flexibility index (Phi) is 1.23. The Labute approximate surface area is 66.0 Å². The fourth-order valence-electron chi connectivity index (χ4n) is 2.46. The Morgan fingerprint density at radius 1 is 1.36 bits per heavy atom. The molecule has 0 aromatic heterocycles. The first-order valence-electron chi connectivity index (χ1n) is 4.20. The number of fused-ring (bicyclic) bond motifs is 1. The summed E-state index contributed by atoms with van der Waals surface area (Å²) in [6, 6.07) is 0. The molecule has 2 unspecified atom stereocenters. The van der Waals surface area contributed by atoms with Crippen LogP contribution in [-0.4, -0.2) is 11.6 Å². The van der Waals surface area contributed by atoms with Gasteiger partial charge in [0.2, 0.25) is 0 Å². The Morgan fingerprint density at radius 2 is 2.09 bits per heavy atom. The molecule has 60 valence electrons. The standard InChI is InChI=1S/C9H12O2/c1-9-5-4-7(10)6(9)2-3-8(9)11/h6H,2-5H2,1H3. The maximum absolute atomic E-state index is 11.4. The van der Waals surface area contributed by atoms with Gasteiger partial charge >= 0.3 is 0 Å². The van der Waals surface area contributed by atoms with E-state index in [9.17, 15) is 9.59 Å². The minimum Gasteiger partial charge on any atom is -0.299 e. The molecule has 0 radical (unpaired) electrons. The Balaban J connectivity index is 2.37. The van der Waals surface area contributed by atoms with Gasteiger partial charge in [-0.05, 0) is 12.8 Å². The molecule has 2 nitrogen and oxygen atoms in total. The molecule has 2 rings (SSSR count). The highest BCUT2D eigenvalue weighted by Gasteiger charge is 2.52. The number of hydrogen-bond acceptors (Lipinski definition) is 2. The van der Waals surface area contributed by atoms with Crippen LogP contribution in [0.25, 0.3) is 0 Å². The van der Waals surface area contributed by atoms with Gasteiger partial charge in [-0.15, -0.1) is 0 Å². The maximum atomic E-state index is 11.4. The second kappa shape index (κ2) is 1.93. The predicted octanol–water partition coefficient (Wildman–Crippen LogP) is 1.33. The van der Waals surface area contributed by atoms with Crippen molar-refractivity contribution in [3.63, 3.8) is 0 Å². The van der Waals surface area contributed by atoms with Crippen LogP contribution < -0.4 is 0 Å². The number of carbonyl (C=O) groups is 2. The number of ketones is 2. The number of carbonyl (C=O) groups excluding carboxylic acids is 2. The van der Waals surface area contributed by atoms with Crippen molar-refractivity contribution in [3.8, 4) is 0 Å². The van der Waals surface area contributed by atoms with E-state index < -0.39 is 0 Å². The molecular formula is C9H12O2. The van der Waals surface area contributed by atoms with Gasteiger partial charge in [-0.3, -0.25) is 9.59 Å². The van der Waals surface area contributed by atoms with Gasteiger partial charge in [-0.1, -0.05) is 6.92 Å². The zero-order valence-electron chi connectivity index (χ0n) is 6.72. The van der Waals surface area contributed by atoms with Crippen LogP contribution in [-0.2, 0) is 9.59 Å². The van der Waals surface area contributed by atoms with Gasteiger partial charge in [0.15, 0.2) is 0 Å². The lowest BCUT2D eigenvalue weighted by Crippen LogP contribution is -2.25. The van der Waals surface area contributed by atoms with Crippen molar-refractivity contribution in [3.05, 3.63) is 0 Å². The summed E-state index contributed by atoms with van der Waals surface area (Å²) in [5.74, 6) is 0.710. The lowest BCUT2D eigenvalue weighted by atomic mass is 9.82. The molecule has 0 bridgehead atoms. The molecule has 0 aliphatic heterocycles. The van der Waals surface area contributed by atoms with Crippen LogP contribution in [0.15, 0.2) is 0 Å². The van der Waals surface area contributed by atoms with E-state index in [1.807, 2.05) is 6.92 Å². The predicted molar refractivity (Wildman–Crippen MR) is 40.1 cm³/mol. The average molecular weight is 152 g/mol. The quantitative estimate of drug-likeness (QED) is 0.524. The summed E-state index contributed by atoms with van der Waals surface area (Å²) in [6.45, 7) is 1.96. The highest BCUT2D eigenvalue weighted by molar-refractivity contribution is 5.98. The molecular weight excluding hydrogens is 140 g/mol. The largest absolute Gasteiger partial charge is 0.299 e. The van der Waals surface area contributed by atoms with Crippen LogP contribution in [0.2, 0.25) is 0 Å². The minimum atomic E-state index is -0.253. The lowest BCUT2D eigenvalue weighted by Gasteiger charge is -2.19. The third-order valence-corrected chi connectivity index (χ3v) is 3.35. The van der Waals surface area contributed by atoms with E-state index in [0.29, 0.717) is 24.4 Å². The summed E-state index contributed by atoms with van der Waals surface area (Å²) >= 11 is 0. The smallest absolute Gasteiger partial charge is 0.139 e. The van der Waals surface area contributed by atoms with Crippen molar-refractivity contribution in [2.75, 3.05) is 0 Å². The summed E-state index contributed by atoms with van der Waals surface area (Å²) in [6.07, 6.45) is 2.88. The van der Waals surface area contributed by atoms with E-state index in [1.54, 1.807) is 0 Å². The second-order valence-electron chi connectivity index (χ2n) is 3.90. The van der Waals surface area contributed by atoms with Gasteiger partial charge < -0.3 is 0 Å². The van der Waals surface area contributed by atoms with Crippen LogP contribution in [0.4, 0.5) is 0 Å². The molecule has 2 atom stereocenters. The maximum Gasteiger partial charge on any atom is 0.139 e. The van der Waals surface area contributed by atoms with Crippen molar-refractivity contribution in [1.82, 2.24) is 0 Å². The Hall–Kier alpha value is -0.660. The van der Waals surface area contributed by atoms with E-state index in [4.69, 9.17) is 0 Å². The first-order chi connectivity index (χ1) is 5.14. The molecule has 0 heterocycles. The molecule has 0 spiro atoms. The zero-order valence-corrected chi connectivity index (χ0v) is 6.72. The van der Waals surface area contributed by atoms with Crippen LogP contribution in [0.3, 0.4) is 0 Å². The summed E-state index contributed by atoms with van der Waals surface area (Å²) < 4.78 is 0. The van der Waals surface area contributed by atoms with E-state index in [0.717, 1.165) is 12.8 Å². The molecule has 0 aromatic carbocycles. The fourth-order valence-corrected chi connectivity index (χ4v) is 2.46. The van der Waals surface area contributed by atoms with Gasteiger partial charge in [-0.25, -0.2) is 0 Å². The van der Waals surface area contributed by atoms with E-state index in [1.165, 1.54) is 0 Å². The highest BCUT2D eigenvalue weighted by atomic mass is 16.1. The summed E-state index contributed by atoms with van der Waals surface area (Å²) in [7, 11) is 0. The molecule has 2 fully saturated rings. The zero-order chi connectivity index (χ0) is 8.06. The third kappa shape index (κ3) is 0.725. The van der Waals surface area contributed by atoms with Gasteiger partial charge in [0.1, 0.15) is 11.6 Å². The second-order valence-corrected chi connectivity index (χ2v) is 3.90. The first kappa shape index (κ1) is 7.01. The van der Waals surface area contributed by atoms with Crippen molar-refractivity contribution >= 4 is 11.6 Å². The molecule has 0 amide bonds. The van der Waals surface area contributed by atoms with Crippen molar-refractivity contribution in [2.45, 2.75) is 32.6 Å². The summed E-state index contributed by atoms with van der Waals surface area (Å²) in [4.78, 5) is 22.6. The number of hydrogen-bond donors (Lipinski definition) is 0. The average Bonchev–Trinajstić information content (AvgIpc) is 2.39. The summed E-state index contributed by atoms with van der Waals surface area (Å²) in [5.41, 5.74) is -0.253.